The molecule has 0 aliphatic carbocycles. The molecule has 0 bridgehead atoms. The number of fused-ring (bicyclic) bond motifs is 1. The zero-order valence-corrected chi connectivity index (χ0v) is 20.2. The van der Waals surface area contributed by atoms with Crippen molar-refractivity contribution in [3.05, 3.63) is 102 Å². The number of hydrogen-bond donors (Lipinski definition) is 2. The molecule has 1 aromatic heterocycles. The monoisotopic (exact) mass is 493 g/mol. The van der Waals surface area contributed by atoms with Crippen LogP contribution in [0.3, 0.4) is 0 Å². The fourth-order valence-electron chi connectivity index (χ4n) is 4.29. The Bertz CT molecular complexity index is 1430. The Kier molecular flexibility index (Phi) is 7.23. The summed E-state index contributed by atoms with van der Waals surface area (Å²) in [6, 6.07) is 25.4. The van der Waals surface area contributed by atoms with Crippen LogP contribution in [0.5, 0.6) is 5.75 Å². The van der Waals surface area contributed by atoms with E-state index >= 15 is 0 Å². The number of aliphatic hydroxyl groups is 1. The summed E-state index contributed by atoms with van der Waals surface area (Å²) in [6.07, 6.45) is 3.83. The first-order valence-electron chi connectivity index (χ1n) is 12.2. The highest BCUT2D eigenvalue weighted by atomic mass is 16.6. The van der Waals surface area contributed by atoms with E-state index in [1.54, 1.807) is 60.7 Å². The lowest BCUT2D eigenvalue weighted by atomic mass is 10.0. The highest BCUT2D eigenvalue weighted by Crippen LogP contribution is 2.27. The highest BCUT2D eigenvalue weighted by Gasteiger charge is 2.20. The first-order valence-corrected chi connectivity index (χ1v) is 12.2. The summed E-state index contributed by atoms with van der Waals surface area (Å²) in [5, 5.41) is 13.6. The third-order valence-electron chi connectivity index (χ3n) is 6.28. The summed E-state index contributed by atoms with van der Waals surface area (Å²) < 4.78 is 5.23. The molecule has 3 aromatic carbocycles. The van der Waals surface area contributed by atoms with Crippen molar-refractivity contribution in [2.75, 3.05) is 23.3 Å². The zero-order valence-electron chi connectivity index (χ0n) is 20.2. The van der Waals surface area contributed by atoms with Crippen LogP contribution < -0.4 is 15.0 Å². The Morgan fingerprint density at radius 1 is 0.946 bits per heavy atom. The van der Waals surface area contributed by atoms with Crippen LogP contribution in [0.4, 0.5) is 16.3 Å². The van der Waals surface area contributed by atoms with Crippen molar-refractivity contribution in [3.8, 4) is 5.75 Å². The van der Waals surface area contributed by atoms with Crippen molar-refractivity contribution in [1.29, 1.82) is 0 Å². The van der Waals surface area contributed by atoms with Gasteiger partial charge >= 0.3 is 6.09 Å². The van der Waals surface area contributed by atoms with Crippen molar-refractivity contribution in [2.24, 2.45) is 0 Å². The average Bonchev–Trinajstić information content (AvgIpc) is 2.92. The maximum absolute atomic E-state index is 12.9. The second-order valence-corrected chi connectivity index (χ2v) is 8.91. The molecule has 0 saturated carbocycles. The highest BCUT2D eigenvalue weighted by molar-refractivity contribution is 6.07. The molecule has 4 aromatic rings. The lowest BCUT2D eigenvalue weighted by Gasteiger charge is -2.31. The van der Waals surface area contributed by atoms with Gasteiger partial charge in [-0.3, -0.25) is 10.1 Å². The van der Waals surface area contributed by atoms with Crippen molar-refractivity contribution < 1.29 is 19.4 Å². The number of pyridine rings is 1. The summed E-state index contributed by atoms with van der Waals surface area (Å²) in [5.74, 6) is 1.10. The quantitative estimate of drug-likeness (QED) is 0.264. The van der Waals surface area contributed by atoms with Gasteiger partial charge in [0.1, 0.15) is 11.6 Å². The lowest BCUT2D eigenvalue weighted by Crippen LogP contribution is -2.36. The summed E-state index contributed by atoms with van der Waals surface area (Å²) in [4.78, 5) is 32.1. The molecule has 2 heterocycles. The maximum atomic E-state index is 12.9. The van der Waals surface area contributed by atoms with Crippen LogP contribution in [-0.2, 0) is 0 Å². The van der Waals surface area contributed by atoms with Crippen LogP contribution in [0.15, 0.2) is 91.0 Å². The predicted octanol–water partition coefficient (Wildman–Crippen LogP) is 5.70. The average molecular weight is 494 g/mol. The number of carbonyl (C=O) groups is 2. The molecule has 5 rings (SSSR count). The van der Waals surface area contributed by atoms with Gasteiger partial charge in [0.2, 0.25) is 0 Å². The van der Waals surface area contributed by atoms with Crippen LogP contribution >= 0.6 is 0 Å². The van der Waals surface area contributed by atoms with Crippen LogP contribution in [0.25, 0.3) is 17.0 Å². The minimum absolute atomic E-state index is 0.161. The Morgan fingerprint density at radius 3 is 2.41 bits per heavy atom. The standard InChI is InChI=1S/C30H27N3O4/c34-25-16-18-33(19-17-25)29-23(20-22-6-4-5-9-27(22)32-29)12-15-28(35)21-10-13-24(14-11-21)31-30(36)37-26-7-2-1-3-8-26/h1-15,20,25,34H,16-19H2,(H,31,36). The number of benzene rings is 3. The van der Waals surface area contributed by atoms with Crippen molar-refractivity contribution >= 4 is 40.4 Å². The van der Waals surface area contributed by atoms with E-state index in [2.05, 4.69) is 10.2 Å². The molecule has 2 N–H and O–H groups in total. The molecule has 1 amide bonds. The molecule has 7 nitrogen and oxygen atoms in total. The summed E-state index contributed by atoms with van der Waals surface area (Å²) in [5.41, 5.74) is 2.76. The Hall–Kier alpha value is -4.49. The Balaban J connectivity index is 1.30. The fourth-order valence-corrected chi connectivity index (χ4v) is 4.29. The summed E-state index contributed by atoms with van der Waals surface area (Å²) in [7, 11) is 0. The molecule has 0 atom stereocenters. The van der Waals surface area contributed by atoms with Gasteiger partial charge in [-0.05, 0) is 73.5 Å². The zero-order chi connectivity index (χ0) is 25.6. The number of nitrogens with one attached hydrogen (secondary N) is 1. The molecule has 7 heteroatoms. The molecular formula is C30H27N3O4. The maximum Gasteiger partial charge on any atom is 0.417 e. The number of rotatable bonds is 6. The van der Waals surface area contributed by atoms with Crippen molar-refractivity contribution in [2.45, 2.75) is 18.9 Å². The number of para-hydroxylation sites is 2. The topological polar surface area (TPSA) is 91.8 Å². The molecule has 37 heavy (non-hydrogen) atoms. The van der Waals surface area contributed by atoms with E-state index in [-0.39, 0.29) is 11.9 Å². The first kappa shape index (κ1) is 24.2. The van der Waals surface area contributed by atoms with Crippen LogP contribution in [0.2, 0.25) is 0 Å². The molecule has 1 aliphatic heterocycles. The molecule has 186 valence electrons. The van der Waals surface area contributed by atoms with Crippen molar-refractivity contribution in [1.82, 2.24) is 4.98 Å². The smallest absolute Gasteiger partial charge is 0.410 e. The van der Waals surface area contributed by atoms with E-state index < -0.39 is 6.09 Å². The number of ether oxygens (including phenoxy) is 1. The Morgan fingerprint density at radius 2 is 1.65 bits per heavy atom. The second-order valence-electron chi connectivity index (χ2n) is 8.91. The third-order valence-corrected chi connectivity index (χ3v) is 6.28. The first-order chi connectivity index (χ1) is 18.0. The van der Waals surface area contributed by atoms with E-state index in [0.29, 0.717) is 42.9 Å². The molecule has 1 aliphatic rings. The van der Waals surface area contributed by atoms with Crippen LogP contribution in [-0.4, -0.2) is 41.2 Å². The van der Waals surface area contributed by atoms with Gasteiger partial charge in [0.15, 0.2) is 5.78 Å². The number of piperidine rings is 1. The number of aliphatic hydroxyl groups excluding tert-OH is 1. The predicted molar refractivity (Wildman–Crippen MR) is 145 cm³/mol. The second kappa shape index (κ2) is 11.1. The summed E-state index contributed by atoms with van der Waals surface area (Å²) in [6.45, 7) is 1.42. The SMILES string of the molecule is O=C(Nc1ccc(C(=O)C=Cc2cc3ccccc3nc2N2CCC(O)CC2)cc1)Oc1ccccc1. The molecular weight excluding hydrogens is 466 g/mol. The van der Waals surface area contributed by atoms with E-state index in [1.807, 2.05) is 36.4 Å². The number of hydrogen-bond acceptors (Lipinski definition) is 6. The third kappa shape index (κ3) is 6.02. The van der Waals surface area contributed by atoms with E-state index in [0.717, 1.165) is 22.3 Å². The molecule has 1 saturated heterocycles. The molecule has 0 radical (unpaired) electrons. The largest absolute Gasteiger partial charge is 0.417 e. The van der Waals surface area contributed by atoms with E-state index in [4.69, 9.17) is 9.72 Å². The number of ketones is 1. The van der Waals surface area contributed by atoms with Gasteiger partial charge in [-0.1, -0.05) is 36.4 Å². The number of allylic oxidation sites excluding steroid dienone is 1. The normalized spacial score (nSPS) is 14.1. The van der Waals surface area contributed by atoms with Gasteiger partial charge in [0.25, 0.3) is 0 Å². The summed E-state index contributed by atoms with van der Waals surface area (Å²) >= 11 is 0. The minimum atomic E-state index is -0.605. The van der Waals surface area contributed by atoms with Gasteiger partial charge in [0, 0.05) is 35.3 Å². The van der Waals surface area contributed by atoms with Gasteiger partial charge in [-0.15, -0.1) is 0 Å². The van der Waals surface area contributed by atoms with Gasteiger partial charge in [0.05, 0.1) is 11.6 Å². The molecule has 0 unspecified atom stereocenters. The van der Waals surface area contributed by atoms with E-state index in [1.165, 1.54) is 0 Å². The molecule has 0 spiro atoms. The Labute approximate surface area is 215 Å². The van der Waals surface area contributed by atoms with Gasteiger partial charge < -0.3 is 14.7 Å². The van der Waals surface area contributed by atoms with Crippen LogP contribution in [0.1, 0.15) is 28.8 Å². The molecule has 1 fully saturated rings. The lowest BCUT2D eigenvalue weighted by molar-refractivity contribution is 0.104. The number of anilines is 2. The number of aromatic nitrogens is 1. The van der Waals surface area contributed by atoms with Crippen molar-refractivity contribution in [3.63, 3.8) is 0 Å². The van der Waals surface area contributed by atoms with Gasteiger partial charge in [-0.2, -0.15) is 0 Å². The van der Waals surface area contributed by atoms with E-state index in [9.17, 15) is 14.7 Å². The number of nitrogens with zero attached hydrogens (tertiary/aromatic N) is 2. The van der Waals surface area contributed by atoms with Crippen LogP contribution in [0, 0.1) is 0 Å². The minimum Gasteiger partial charge on any atom is -0.410 e. The number of carbonyl (C=O) groups excluding carboxylic acids is 2. The fraction of sp³-hybridized carbons (Fsp3) is 0.167. The van der Waals surface area contributed by atoms with Gasteiger partial charge in [-0.25, -0.2) is 9.78 Å². The number of amides is 1.